The summed E-state index contributed by atoms with van der Waals surface area (Å²) in [4.78, 5) is 4.43. The van der Waals surface area contributed by atoms with Gasteiger partial charge in [0.25, 0.3) is 0 Å². The van der Waals surface area contributed by atoms with Crippen molar-refractivity contribution in [2.45, 2.75) is 28.8 Å². The SMILES string of the molecule is FC(F)(F)c1ccc(OC2(Sc3ccccc3)CC2)nc1. The summed E-state index contributed by atoms with van der Waals surface area (Å²) in [6.07, 6.45) is -1.86. The molecule has 0 radical (unpaired) electrons. The number of benzene rings is 1. The molecule has 1 saturated carbocycles. The van der Waals surface area contributed by atoms with Crippen LogP contribution in [0.1, 0.15) is 18.4 Å². The van der Waals surface area contributed by atoms with E-state index in [1.54, 1.807) is 11.8 Å². The van der Waals surface area contributed by atoms with Crippen LogP contribution in [0.25, 0.3) is 0 Å². The van der Waals surface area contributed by atoms with Crippen molar-refractivity contribution in [1.82, 2.24) is 4.98 Å². The van der Waals surface area contributed by atoms with Gasteiger partial charge in [-0.15, -0.1) is 0 Å². The number of thioether (sulfide) groups is 1. The number of ether oxygens (including phenoxy) is 1. The smallest absolute Gasteiger partial charge is 0.417 e. The Morgan fingerprint density at radius 2 is 1.76 bits per heavy atom. The zero-order valence-corrected chi connectivity index (χ0v) is 11.7. The lowest BCUT2D eigenvalue weighted by Crippen LogP contribution is -2.14. The average Bonchev–Trinajstić information content (AvgIpc) is 3.19. The van der Waals surface area contributed by atoms with Crippen molar-refractivity contribution in [3.63, 3.8) is 0 Å². The number of rotatable bonds is 4. The van der Waals surface area contributed by atoms with Crippen molar-refractivity contribution in [3.05, 3.63) is 54.2 Å². The van der Waals surface area contributed by atoms with Crippen molar-refractivity contribution < 1.29 is 17.9 Å². The Labute approximate surface area is 124 Å². The fourth-order valence-electron chi connectivity index (χ4n) is 1.83. The average molecular weight is 311 g/mol. The van der Waals surface area contributed by atoms with Crippen molar-refractivity contribution in [2.75, 3.05) is 0 Å². The van der Waals surface area contributed by atoms with Gasteiger partial charge >= 0.3 is 6.18 Å². The first-order chi connectivity index (χ1) is 9.97. The molecular weight excluding hydrogens is 299 g/mol. The highest BCUT2D eigenvalue weighted by atomic mass is 32.2. The highest BCUT2D eigenvalue weighted by molar-refractivity contribution is 8.00. The summed E-state index contributed by atoms with van der Waals surface area (Å²) in [5, 5.41) is 0. The highest BCUT2D eigenvalue weighted by Crippen LogP contribution is 2.52. The van der Waals surface area contributed by atoms with E-state index in [1.807, 2.05) is 30.3 Å². The summed E-state index contributed by atoms with van der Waals surface area (Å²) >= 11 is 1.58. The predicted molar refractivity (Wildman–Crippen MR) is 74.1 cm³/mol. The quantitative estimate of drug-likeness (QED) is 0.760. The van der Waals surface area contributed by atoms with Crippen molar-refractivity contribution in [3.8, 4) is 5.88 Å². The molecule has 1 aromatic heterocycles. The second-order valence-corrected chi connectivity index (χ2v) is 6.23. The molecule has 2 nitrogen and oxygen atoms in total. The number of hydrogen-bond acceptors (Lipinski definition) is 3. The fourth-order valence-corrected chi connectivity index (χ4v) is 2.99. The molecule has 110 valence electrons. The van der Waals surface area contributed by atoms with Gasteiger partial charge in [-0.3, -0.25) is 0 Å². The maximum atomic E-state index is 12.5. The summed E-state index contributed by atoms with van der Waals surface area (Å²) in [5.41, 5.74) is -0.768. The van der Waals surface area contributed by atoms with Crippen LogP contribution in [0.5, 0.6) is 5.88 Å². The van der Waals surface area contributed by atoms with Gasteiger partial charge in [0.05, 0.1) is 5.56 Å². The van der Waals surface area contributed by atoms with Gasteiger partial charge < -0.3 is 4.74 Å². The number of pyridine rings is 1. The van der Waals surface area contributed by atoms with Crippen LogP contribution >= 0.6 is 11.8 Å². The minimum atomic E-state index is -4.37. The first-order valence-corrected chi connectivity index (χ1v) is 7.25. The molecule has 6 heteroatoms. The van der Waals surface area contributed by atoms with E-state index in [-0.39, 0.29) is 5.88 Å². The molecule has 3 rings (SSSR count). The van der Waals surface area contributed by atoms with Gasteiger partial charge in [0, 0.05) is 30.0 Å². The summed E-state index contributed by atoms with van der Waals surface area (Å²) in [6, 6.07) is 12.0. The van der Waals surface area contributed by atoms with E-state index in [2.05, 4.69) is 4.98 Å². The third-order valence-corrected chi connectivity index (χ3v) is 4.43. The monoisotopic (exact) mass is 311 g/mol. The summed E-state index contributed by atoms with van der Waals surface area (Å²) in [5.74, 6) is 0.226. The molecule has 0 aliphatic heterocycles. The number of halogens is 3. The van der Waals surface area contributed by atoms with Gasteiger partial charge in [-0.05, 0) is 18.2 Å². The fraction of sp³-hybridized carbons (Fsp3) is 0.267. The van der Waals surface area contributed by atoms with Crippen molar-refractivity contribution in [2.24, 2.45) is 0 Å². The van der Waals surface area contributed by atoms with Crippen LogP contribution in [-0.2, 0) is 6.18 Å². The highest BCUT2D eigenvalue weighted by Gasteiger charge is 2.47. The summed E-state index contributed by atoms with van der Waals surface area (Å²) < 4.78 is 43.2. The largest absolute Gasteiger partial charge is 0.460 e. The molecule has 0 saturated heterocycles. The number of alkyl halides is 3. The lowest BCUT2D eigenvalue weighted by Gasteiger charge is -2.17. The third kappa shape index (κ3) is 3.50. The Hall–Kier alpha value is -1.69. The van der Waals surface area contributed by atoms with Crippen LogP contribution in [0.2, 0.25) is 0 Å². The molecule has 0 amide bonds. The second kappa shape index (κ2) is 5.26. The van der Waals surface area contributed by atoms with Gasteiger partial charge in [-0.25, -0.2) is 4.98 Å². The van der Waals surface area contributed by atoms with Crippen LogP contribution in [-0.4, -0.2) is 9.92 Å². The third-order valence-electron chi connectivity index (χ3n) is 3.06. The van der Waals surface area contributed by atoms with Gasteiger partial charge in [-0.1, -0.05) is 30.0 Å². The van der Waals surface area contributed by atoms with Gasteiger partial charge in [-0.2, -0.15) is 13.2 Å². The summed E-state index contributed by atoms with van der Waals surface area (Å²) in [6.45, 7) is 0. The van der Waals surface area contributed by atoms with E-state index < -0.39 is 16.7 Å². The molecule has 2 aromatic rings. The molecule has 21 heavy (non-hydrogen) atoms. The molecule has 1 heterocycles. The number of nitrogens with zero attached hydrogens (tertiary/aromatic N) is 1. The zero-order chi connectivity index (χ0) is 14.9. The van der Waals surface area contributed by atoms with Crippen LogP contribution in [0.4, 0.5) is 13.2 Å². The zero-order valence-electron chi connectivity index (χ0n) is 10.9. The predicted octanol–water partition coefficient (Wildman–Crippen LogP) is 4.76. The van der Waals surface area contributed by atoms with Crippen LogP contribution in [0.15, 0.2) is 53.6 Å². The molecule has 0 atom stereocenters. The van der Waals surface area contributed by atoms with Crippen molar-refractivity contribution in [1.29, 1.82) is 0 Å². The topological polar surface area (TPSA) is 22.1 Å². The van der Waals surface area contributed by atoms with E-state index in [4.69, 9.17) is 4.74 Å². The van der Waals surface area contributed by atoms with E-state index in [1.165, 1.54) is 6.07 Å². The molecular formula is C15H12F3NOS. The molecule has 0 N–H and O–H groups in total. The van der Waals surface area contributed by atoms with E-state index >= 15 is 0 Å². The Balaban J connectivity index is 1.69. The van der Waals surface area contributed by atoms with Crippen LogP contribution < -0.4 is 4.74 Å². The minimum Gasteiger partial charge on any atom is -0.460 e. The lowest BCUT2D eigenvalue weighted by molar-refractivity contribution is -0.137. The normalized spacial score (nSPS) is 16.5. The van der Waals surface area contributed by atoms with Gasteiger partial charge in [0.15, 0.2) is 4.93 Å². The summed E-state index contributed by atoms with van der Waals surface area (Å²) in [7, 11) is 0. The number of aromatic nitrogens is 1. The Morgan fingerprint density at radius 3 is 2.29 bits per heavy atom. The van der Waals surface area contributed by atoms with Gasteiger partial charge in [0.1, 0.15) is 0 Å². The maximum absolute atomic E-state index is 12.5. The number of hydrogen-bond donors (Lipinski definition) is 0. The lowest BCUT2D eigenvalue weighted by atomic mass is 10.3. The molecule has 1 aliphatic carbocycles. The molecule has 0 unspecified atom stereocenters. The Kier molecular flexibility index (Phi) is 3.57. The second-order valence-electron chi connectivity index (χ2n) is 4.81. The molecule has 0 spiro atoms. The molecule has 0 bridgehead atoms. The minimum absolute atomic E-state index is 0.226. The molecule has 1 aromatic carbocycles. The van der Waals surface area contributed by atoms with E-state index in [0.717, 1.165) is 30.0 Å². The first-order valence-electron chi connectivity index (χ1n) is 6.43. The first kappa shape index (κ1) is 14.3. The van der Waals surface area contributed by atoms with Crippen LogP contribution in [0, 0.1) is 0 Å². The van der Waals surface area contributed by atoms with Crippen molar-refractivity contribution >= 4 is 11.8 Å². The van der Waals surface area contributed by atoms with Gasteiger partial charge in [0.2, 0.25) is 5.88 Å². The standard InChI is InChI=1S/C15H12F3NOS/c16-15(17,18)11-6-7-13(19-10-11)20-14(8-9-14)21-12-4-2-1-3-5-12/h1-7,10H,8-9H2. The van der Waals surface area contributed by atoms with E-state index in [9.17, 15) is 13.2 Å². The maximum Gasteiger partial charge on any atom is 0.417 e. The molecule has 1 fully saturated rings. The van der Waals surface area contributed by atoms with E-state index in [0.29, 0.717) is 0 Å². The molecule has 1 aliphatic rings. The Bertz CT molecular complexity index is 609. The van der Waals surface area contributed by atoms with Crippen LogP contribution in [0.3, 0.4) is 0 Å². The Morgan fingerprint density at radius 1 is 1.05 bits per heavy atom.